The average Bonchev–Trinajstić information content (AvgIpc) is 2.53. The summed E-state index contributed by atoms with van der Waals surface area (Å²) in [5.74, 6) is 0. The number of hydrogen-bond donors (Lipinski definition) is 1. The van der Waals surface area contributed by atoms with Gasteiger partial charge in [-0.25, -0.2) is 4.79 Å². The largest absolute Gasteiger partial charge is 0.452 e. The van der Waals surface area contributed by atoms with Crippen LogP contribution in [0.25, 0.3) is 0 Å². The van der Waals surface area contributed by atoms with Crippen LogP contribution in [0.5, 0.6) is 0 Å². The fourth-order valence-corrected chi connectivity index (χ4v) is 2.40. The van der Waals surface area contributed by atoms with Crippen LogP contribution in [0.3, 0.4) is 0 Å². The lowest BCUT2D eigenvalue weighted by atomic mass is 9.96. The van der Waals surface area contributed by atoms with Crippen LogP contribution in [-0.2, 0) is 4.74 Å². The van der Waals surface area contributed by atoms with Crippen molar-refractivity contribution < 1.29 is 9.53 Å². The zero-order valence-electron chi connectivity index (χ0n) is 13.5. The normalized spacial score (nSPS) is 11.9. The SMILES string of the molecule is COC(=O)N(C)c1cc(C)ccc1C(N)c1ccc(C)cc1. The highest BCUT2D eigenvalue weighted by Crippen LogP contribution is 2.30. The number of nitrogens with two attached hydrogens (primary N) is 1. The van der Waals surface area contributed by atoms with Gasteiger partial charge in [0.25, 0.3) is 0 Å². The number of rotatable bonds is 3. The maximum Gasteiger partial charge on any atom is 0.413 e. The molecule has 0 aromatic heterocycles. The molecule has 2 aromatic carbocycles. The van der Waals surface area contributed by atoms with E-state index < -0.39 is 6.09 Å². The molecule has 0 saturated carbocycles. The number of benzene rings is 2. The van der Waals surface area contributed by atoms with Crippen molar-refractivity contribution in [1.29, 1.82) is 0 Å². The van der Waals surface area contributed by atoms with Gasteiger partial charge in [-0.3, -0.25) is 4.90 Å². The molecule has 0 aliphatic carbocycles. The molecular weight excluding hydrogens is 276 g/mol. The van der Waals surface area contributed by atoms with Gasteiger partial charge >= 0.3 is 6.09 Å². The number of ether oxygens (including phenoxy) is 1. The second-order valence-corrected chi connectivity index (χ2v) is 5.48. The van der Waals surface area contributed by atoms with Crippen molar-refractivity contribution in [1.82, 2.24) is 0 Å². The Morgan fingerprint density at radius 2 is 1.68 bits per heavy atom. The Hall–Kier alpha value is -2.33. The summed E-state index contributed by atoms with van der Waals surface area (Å²) in [6.07, 6.45) is -0.414. The molecule has 2 N–H and O–H groups in total. The van der Waals surface area contributed by atoms with Gasteiger partial charge in [0.15, 0.2) is 0 Å². The number of hydrogen-bond acceptors (Lipinski definition) is 3. The molecule has 116 valence electrons. The maximum absolute atomic E-state index is 11.8. The fraction of sp³-hybridized carbons (Fsp3) is 0.278. The van der Waals surface area contributed by atoms with Crippen LogP contribution in [-0.4, -0.2) is 20.3 Å². The molecule has 0 aliphatic heterocycles. The quantitative estimate of drug-likeness (QED) is 0.942. The Kier molecular flexibility index (Phi) is 4.83. The average molecular weight is 298 g/mol. The highest BCUT2D eigenvalue weighted by Gasteiger charge is 2.19. The molecule has 0 fully saturated rings. The zero-order valence-corrected chi connectivity index (χ0v) is 13.5. The van der Waals surface area contributed by atoms with Crippen molar-refractivity contribution in [2.45, 2.75) is 19.9 Å². The lowest BCUT2D eigenvalue weighted by molar-refractivity contribution is 0.180. The number of anilines is 1. The van der Waals surface area contributed by atoms with Gasteiger partial charge in [0, 0.05) is 7.05 Å². The summed E-state index contributed by atoms with van der Waals surface area (Å²) in [6.45, 7) is 4.02. The van der Waals surface area contributed by atoms with Crippen molar-refractivity contribution >= 4 is 11.8 Å². The number of nitrogens with zero attached hydrogens (tertiary/aromatic N) is 1. The van der Waals surface area contributed by atoms with E-state index in [1.165, 1.54) is 17.6 Å². The lowest BCUT2D eigenvalue weighted by Gasteiger charge is -2.23. The molecule has 1 unspecified atom stereocenters. The van der Waals surface area contributed by atoms with Crippen molar-refractivity contribution in [2.75, 3.05) is 19.1 Å². The van der Waals surface area contributed by atoms with E-state index in [1.807, 2.05) is 56.3 Å². The molecule has 2 rings (SSSR count). The first kappa shape index (κ1) is 16.0. The molecule has 1 amide bonds. The Morgan fingerprint density at radius 3 is 2.27 bits per heavy atom. The van der Waals surface area contributed by atoms with Gasteiger partial charge in [0.05, 0.1) is 18.8 Å². The maximum atomic E-state index is 11.8. The monoisotopic (exact) mass is 298 g/mol. The number of methoxy groups -OCH3 is 1. The molecule has 1 atom stereocenters. The predicted molar refractivity (Wildman–Crippen MR) is 89.2 cm³/mol. The minimum absolute atomic E-state index is 0.302. The molecule has 4 heteroatoms. The lowest BCUT2D eigenvalue weighted by Crippen LogP contribution is -2.28. The van der Waals surface area contributed by atoms with Gasteiger partial charge in [0.2, 0.25) is 0 Å². The first-order valence-corrected chi connectivity index (χ1v) is 7.18. The van der Waals surface area contributed by atoms with Crippen LogP contribution >= 0.6 is 0 Å². The second kappa shape index (κ2) is 6.62. The molecule has 2 aromatic rings. The summed E-state index contributed by atoms with van der Waals surface area (Å²) in [4.78, 5) is 13.3. The zero-order chi connectivity index (χ0) is 16.3. The van der Waals surface area contributed by atoms with E-state index in [2.05, 4.69) is 0 Å². The van der Waals surface area contributed by atoms with E-state index in [0.29, 0.717) is 0 Å². The second-order valence-electron chi connectivity index (χ2n) is 5.48. The van der Waals surface area contributed by atoms with Gasteiger partial charge in [-0.1, -0.05) is 42.0 Å². The molecule has 0 radical (unpaired) electrons. The topological polar surface area (TPSA) is 55.6 Å². The summed E-state index contributed by atoms with van der Waals surface area (Å²) in [7, 11) is 3.06. The number of carbonyl (C=O) groups excluding carboxylic acids is 1. The van der Waals surface area contributed by atoms with Gasteiger partial charge in [0.1, 0.15) is 0 Å². The Balaban J connectivity index is 2.45. The molecule has 0 aliphatic rings. The third kappa shape index (κ3) is 3.28. The van der Waals surface area contributed by atoms with E-state index in [0.717, 1.165) is 22.4 Å². The van der Waals surface area contributed by atoms with E-state index in [4.69, 9.17) is 10.5 Å². The van der Waals surface area contributed by atoms with Crippen molar-refractivity contribution in [3.63, 3.8) is 0 Å². The summed E-state index contributed by atoms with van der Waals surface area (Å²) >= 11 is 0. The van der Waals surface area contributed by atoms with E-state index in [-0.39, 0.29) is 6.04 Å². The standard InChI is InChI=1S/C18H22N2O2/c1-12-5-8-14(9-6-12)17(19)15-10-7-13(2)11-16(15)20(3)18(21)22-4/h5-11,17H,19H2,1-4H3. The summed E-state index contributed by atoms with van der Waals surface area (Å²) in [6, 6.07) is 13.7. The molecule has 0 saturated heterocycles. The highest BCUT2D eigenvalue weighted by atomic mass is 16.5. The first-order chi connectivity index (χ1) is 10.4. The third-order valence-corrected chi connectivity index (χ3v) is 3.77. The van der Waals surface area contributed by atoms with Gasteiger partial charge in [-0.15, -0.1) is 0 Å². The Morgan fingerprint density at radius 1 is 1.09 bits per heavy atom. The van der Waals surface area contributed by atoms with Gasteiger partial charge in [-0.2, -0.15) is 0 Å². The van der Waals surface area contributed by atoms with E-state index in [1.54, 1.807) is 7.05 Å². The molecule has 0 spiro atoms. The molecular formula is C18H22N2O2. The predicted octanol–water partition coefficient (Wildman–Crippen LogP) is 3.55. The fourth-order valence-electron chi connectivity index (χ4n) is 2.40. The summed E-state index contributed by atoms with van der Waals surface area (Å²) in [5.41, 5.74) is 11.3. The highest BCUT2D eigenvalue weighted by molar-refractivity contribution is 5.88. The van der Waals surface area contributed by atoms with Crippen LogP contribution in [0.1, 0.15) is 28.3 Å². The van der Waals surface area contributed by atoms with Crippen LogP contribution in [0.4, 0.5) is 10.5 Å². The van der Waals surface area contributed by atoms with E-state index >= 15 is 0 Å². The van der Waals surface area contributed by atoms with Crippen molar-refractivity contribution in [2.24, 2.45) is 5.73 Å². The van der Waals surface area contributed by atoms with Crippen LogP contribution in [0.15, 0.2) is 42.5 Å². The van der Waals surface area contributed by atoms with Gasteiger partial charge in [-0.05, 0) is 36.6 Å². The first-order valence-electron chi connectivity index (χ1n) is 7.18. The smallest absolute Gasteiger partial charge is 0.413 e. The van der Waals surface area contributed by atoms with Crippen LogP contribution in [0, 0.1) is 13.8 Å². The minimum atomic E-state index is -0.414. The van der Waals surface area contributed by atoms with Crippen molar-refractivity contribution in [3.05, 3.63) is 64.7 Å². The number of carbonyl (C=O) groups is 1. The number of aryl methyl sites for hydroxylation is 2. The number of amides is 1. The molecule has 4 nitrogen and oxygen atoms in total. The Bertz CT molecular complexity index is 665. The van der Waals surface area contributed by atoms with E-state index in [9.17, 15) is 4.79 Å². The summed E-state index contributed by atoms with van der Waals surface area (Å²) < 4.78 is 4.81. The molecule has 22 heavy (non-hydrogen) atoms. The minimum Gasteiger partial charge on any atom is -0.452 e. The van der Waals surface area contributed by atoms with Crippen LogP contribution < -0.4 is 10.6 Å². The summed E-state index contributed by atoms with van der Waals surface area (Å²) in [5, 5.41) is 0. The molecule has 0 heterocycles. The third-order valence-electron chi connectivity index (χ3n) is 3.77. The van der Waals surface area contributed by atoms with Gasteiger partial charge < -0.3 is 10.5 Å². The molecule has 0 bridgehead atoms. The Labute approximate surface area is 131 Å². The van der Waals surface area contributed by atoms with Crippen molar-refractivity contribution in [3.8, 4) is 0 Å². The van der Waals surface area contributed by atoms with Crippen LogP contribution in [0.2, 0.25) is 0 Å².